The van der Waals surface area contributed by atoms with Crippen molar-refractivity contribution in [1.82, 2.24) is 19.1 Å². The zero-order valence-electron chi connectivity index (χ0n) is 15.8. The molecule has 152 valence electrons. The number of rotatable bonds is 5. The molecular formula is C20H17BrN6O3. The van der Waals surface area contributed by atoms with Crippen LogP contribution in [0.15, 0.2) is 67.7 Å². The molecule has 0 atom stereocenters. The minimum atomic E-state index is -0.550. The van der Waals surface area contributed by atoms with E-state index in [-0.39, 0.29) is 22.9 Å². The Labute approximate surface area is 178 Å². The summed E-state index contributed by atoms with van der Waals surface area (Å²) >= 11 is 3.35. The maximum absolute atomic E-state index is 12.5. The van der Waals surface area contributed by atoms with Crippen molar-refractivity contribution in [2.24, 2.45) is 12.1 Å². The zero-order valence-corrected chi connectivity index (χ0v) is 17.4. The quantitative estimate of drug-likeness (QED) is 0.307. The van der Waals surface area contributed by atoms with E-state index < -0.39 is 11.2 Å². The summed E-state index contributed by atoms with van der Waals surface area (Å²) in [4.78, 5) is 31.2. The van der Waals surface area contributed by atoms with E-state index in [4.69, 9.17) is 0 Å². The molecule has 0 saturated heterocycles. The van der Waals surface area contributed by atoms with Crippen LogP contribution in [0, 0.1) is 0 Å². The highest BCUT2D eigenvalue weighted by molar-refractivity contribution is 9.10. The number of benzene rings is 2. The standard InChI is InChI=1S/C20H17BrN6O3/c1-26-17-16(18(29)24-20(26)30)27(11-12-5-3-2-4-6-12)19(23-17)25-22-10-13-9-14(21)7-8-15(13)28/h2-10,28H,11H2,1H3,(H,23,25)(H,24,29,30)/b22-10+. The number of anilines is 1. The van der Waals surface area contributed by atoms with Gasteiger partial charge in [0, 0.05) is 17.1 Å². The van der Waals surface area contributed by atoms with Crippen LogP contribution in [-0.2, 0) is 13.6 Å². The van der Waals surface area contributed by atoms with Gasteiger partial charge in [-0.05, 0) is 23.8 Å². The molecule has 10 heteroatoms. The summed E-state index contributed by atoms with van der Waals surface area (Å²) in [5.74, 6) is 0.353. The summed E-state index contributed by atoms with van der Waals surface area (Å²) < 4.78 is 3.72. The van der Waals surface area contributed by atoms with E-state index >= 15 is 0 Å². The number of halogens is 1. The fraction of sp³-hybridized carbons (Fsp3) is 0.100. The second-order valence-corrected chi connectivity index (χ2v) is 7.49. The van der Waals surface area contributed by atoms with Crippen molar-refractivity contribution in [1.29, 1.82) is 0 Å². The molecule has 0 fully saturated rings. The smallest absolute Gasteiger partial charge is 0.329 e. The SMILES string of the molecule is Cn1c(=O)[nH]c(=O)c2c1nc(N/N=C/c1cc(Br)ccc1O)n2Cc1ccccc1. The highest BCUT2D eigenvalue weighted by Gasteiger charge is 2.17. The number of nitrogens with one attached hydrogen (secondary N) is 2. The molecule has 2 heterocycles. The molecule has 0 aliphatic carbocycles. The van der Waals surface area contributed by atoms with E-state index in [9.17, 15) is 14.7 Å². The number of hydrogen-bond acceptors (Lipinski definition) is 6. The van der Waals surface area contributed by atoms with E-state index in [1.54, 1.807) is 22.8 Å². The zero-order chi connectivity index (χ0) is 21.3. The van der Waals surface area contributed by atoms with Crippen molar-refractivity contribution in [3.05, 3.63) is 85.0 Å². The monoisotopic (exact) mass is 468 g/mol. The lowest BCUT2D eigenvalue weighted by atomic mass is 10.2. The largest absolute Gasteiger partial charge is 0.507 e. The lowest BCUT2D eigenvalue weighted by Crippen LogP contribution is -2.29. The van der Waals surface area contributed by atoms with E-state index in [1.165, 1.54) is 17.8 Å². The molecule has 0 amide bonds. The minimum Gasteiger partial charge on any atom is -0.507 e. The third-order valence-corrected chi connectivity index (χ3v) is 5.04. The Morgan fingerprint density at radius 3 is 2.77 bits per heavy atom. The lowest BCUT2D eigenvalue weighted by molar-refractivity contribution is 0.474. The van der Waals surface area contributed by atoms with Gasteiger partial charge in [0.15, 0.2) is 11.2 Å². The third-order valence-electron chi connectivity index (χ3n) is 4.55. The number of H-pyrrole nitrogens is 1. The number of hydrazone groups is 1. The molecule has 30 heavy (non-hydrogen) atoms. The van der Waals surface area contributed by atoms with Gasteiger partial charge < -0.3 is 5.11 Å². The molecule has 2 aromatic carbocycles. The summed E-state index contributed by atoms with van der Waals surface area (Å²) in [6, 6.07) is 14.5. The van der Waals surface area contributed by atoms with Crippen molar-refractivity contribution in [3.8, 4) is 5.75 Å². The van der Waals surface area contributed by atoms with Gasteiger partial charge in [-0.3, -0.25) is 18.9 Å². The molecule has 0 radical (unpaired) electrons. The second-order valence-electron chi connectivity index (χ2n) is 6.57. The van der Waals surface area contributed by atoms with Crippen LogP contribution in [0.25, 0.3) is 11.2 Å². The number of fused-ring (bicyclic) bond motifs is 1. The maximum atomic E-state index is 12.5. The van der Waals surface area contributed by atoms with Crippen LogP contribution in [-0.4, -0.2) is 30.4 Å². The number of imidazole rings is 1. The van der Waals surface area contributed by atoms with Gasteiger partial charge in [-0.15, -0.1) is 0 Å². The van der Waals surface area contributed by atoms with Gasteiger partial charge in [-0.2, -0.15) is 10.1 Å². The average Bonchev–Trinajstić information content (AvgIpc) is 3.08. The molecule has 0 aliphatic rings. The van der Waals surface area contributed by atoms with Gasteiger partial charge in [-0.25, -0.2) is 10.2 Å². The van der Waals surface area contributed by atoms with Crippen LogP contribution < -0.4 is 16.7 Å². The molecular weight excluding hydrogens is 452 g/mol. The molecule has 3 N–H and O–H groups in total. The van der Waals surface area contributed by atoms with E-state index in [2.05, 4.69) is 36.4 Å². The Morgan fingerprint density at radius 2 is 2.00 bits per heavy atom. The highest BCUT2D eigenvalue weighted by atomic mass is 79.9. The Bertz CT molecular complexity index is 1370. The number of nitrogens with zero attached hydrogens (tertiary/aromatic N) is 4. The van der Waals surface area contributed by atoms with Gasteiger partial charge in [0.05, 0.1) is 12.8 Å². The van der Waals surface area contributed by atoms with Gasteiger partial charge in [0.1, 0.15) is 5.75 Å². The number of phenols is 1. The summed E-state index contributed by atoms with van der Waals surface area (Å²) in [6.45, 7) is 0.346. The van der Waals surface area contributed by atoms with Crippen molar-refractivity contribution in [3.63, 3.8) is 0 Å². The maximum Gasteiger partial charge on any atom is 0.329 e. The third kappa shape index (κ3) is 3.77. The summed E-state index contributed by atoms with van der Waals surface area (Å²) in [5, 5.41) is 14.1. The topological polar surface area (TPSA) is 117 Å². The van der Waals surface area contributed by atoms with Gasteiger partial charge >= 0.3 is 5.69 Å². The van der Waals surface area contributed by atoms with Crippen LogP contribution in [0.3, 0.4) is 0 Å². The Balaban J connectivity index is 1.79. The number of aromatic amines is 1. The first-order valence-corrected chi connectivity index (χ1v) is 9.74. The van der Waals surface area contributed by atoms with E-state index in [1.807, 2.05) is 30.3 Å². The van der Waals surface area contributed by atoms with Crippen LogP contribution in [0.1, 0.15) is 11.1 Å². The first-order chi connectivity index (χ1) is 14.4. The summed E-state index contributed by atoms with van der Waals surface area (Å²) in [6.07, 6.45) is 1.44. The van der Waals surface area contributed by atoms with Crippen molar-refractivity contribution in [2.45, 2.75) is 6.54 Å². The van der Waals surface area contributed by atoms with Crippen LogP contribution >= 0.6 is 15.9 Å². The highest BCUT2D eigenvalue weighted by Crippen LogP contribution is 2.21. The average molecular weight is 469 g/mol. The molecule has 0 saturated carbocycles. The first kappa shape index (κ1) is 19.6. The molecule has 9 nitrogen and oxygen atoms in total. The van der Waals surface area contributed by atoms with Crippen molar-refractivity contribution < 1.29 is 5.11 Å². The summed E-state index contributed by atoms with van der Waals surface area (Å²) in [7, 11) is 1.53. The number of phenolic OH excluding ortho intramolecular Hbond substituents is 1. The van der Waals surface area contributed by atoms with Gasteiger partial charge in [0.25, 0.3) is 5.56 Å². The van der Waals surface area contributed by atoms with E-state index in [0.717, 1.165) is 10.0 Å². The van der Waals surface area contributed by atoms with Crippen LogP contribution in [0.5, 0.6) is 5.75 Å². The molecule has 4 rings (SSSR count). The van der Waals surface area contributed by atoms with Crippen LogP contribution in [0.2, 0.25) is 0 Å². The van der Waals surface area contributed by atoms with Gasteiger partial charge in [0.2, 0.25) is 5.95 Å². The number of aryl methyl sites for hydroxylation is 1. The van der Waals surface area contributed by atoms with Crippen molar-refractivity contribution >= 4 is 39.3 Å². The molecule has 0 aliphatic heterocycles. The number of hydrogen-bond donors (Lipinski definition) is 3. The van der Waals surface area contributed by atoms with Gasteiger partial charge in [-0.1, -0.05) is 46.3 Å². The Morgan fingerprint density at radius 1 is 1.23 bits per heavy atom. The fourth-order valence-electron chi connectivity index (χ4n) is 3.03. The molecule has 4 aromatic rings. The van der Waals surface area contributed by atoms with Crippen molar-refractivity contribution in [2.75, 3.05) is 5.43 Å². The number of aromatic nitrogens is 4. The normalized spacial score (nSPS) is 11.4. The molecule has 0 unspecified atom stereocenters. The number of aromatic hydroxyl groups is 1. The minimum absolute atomic E-state index is 0.0698. The predicted molar refractivity (Wildman–Crippen MR) is 118 cm³/mol. The first-order valence-electron chi connectivity index (χ1n) is 8.95. The lowest BCUT2D eigenvalue weighted by Gasteiger charge is -2.08. The molecule has 0 bridgehead atoms. The Kier molecular flexibility index (Phi) is 5.23. The second kappa shape index (κ2) is 7.99. The summed E-state index contributed by atoms with van der Waals surface area (Å²) in [5.41, 5.74) is 3.67. The fourth-order valence-corrected chi connectivity index (χ4v) is 3.41. The van der Waals surface area contributed by atoms with Crippen LogP contribution in [0.4, 0.5) is 5.95 Å². The Hall–Kier alpha value is -3.66. The predicted octanol–water partition coefficient (Wildman–Crippen LogP) is 2.39. The molecule has 0 spiro atoms. The molecule has 2 aromatic heterocycles. The van der Waals surface area contributed by atoms with E-state index in [0.29, 0.717) is 12.1 Å².